The second-order valence-corrected chi connectivity index (χ2v) is 4.80. The fraction of sp³-hybridized carbons (Fsp3) is 1.00. The first-order chi connectivity index (χ1) is 7.22. The highest BCUT2D eigenvalue weighted by atomic mass is 16.5. The van der Waals surface area contributed by atoms with Gasteiger partial charge in [0, 0.05) is 19.7 Å². The molecule has 3 nitrogen and oxygen atoms in total. The lowest BCUT2D eigenvalue weighted by Crippen LogP contribution is -2.36. The summed E-state index contributed by atoms with van der Waals surface area (Å²) in [5, 5.41) is 12.8. The van der Waals surface area contributed by atoms with Crippen molar-refractivity contribution in [3.8, 4) is 0 Å². The quantitative estimate of drug-likeness (QED) is 0.677. The van der Waals surface area contributed by atoms with Crippen molar-refractivity contribution in [1.82, 2.24) is 5.32 Å². The molecular formula is C12H25NO2. The van der Waals surface area contributed by atoms with Crippen molar-refractivity contribution in [2.75, 3.05) is 20.3 Å². The maximum atomic E-state index is 9.47. The number of nitrogens with one attached hydrogen (secondary N) is 1. The minimum Gasteiger partial charge on any atom is -0.389 e. The van der Waals surface area contributed by atoms with E-state index in [1.54, 1.807) is 7.11 Å². The zero-order chi connectivity index (χ0) is 11.1. The number of hydrogen-bond acceptors (Lipinski definition) is 3. The molecule has 15 heavy (non-hydrogen) atoms. The van der Waals surface area contributed by atoms with Gasteiger partial charge in [-0.05, 0) is 19.3 Å². The minimum absolute atomic E-state index is 0.374. The Kier molecular flexibility index (Phi) is 6.22. The van der Waals surface area contributed by atoms with Crippen LogP contribution in [0.25, 0.3) is 0 Å². The molecule has 0 aromatic carbocycles. The highest BCUT2D eigenvalue weighted by Crippen LogP contribution is 2.28. The van der Waals surface area contributed by atoms with Crippen LogP contribution in [0.4, 0.5) is 0 Å². The van der Waals surface area contributed by atoms with Gasteiger partial charge in [-0.15, -0.1) is 0 Å². The van der Waals surface area contributed by atoms with Crippen molar-refractivity contribution < 1.29 is 9.84 Å². The zero-order valence-electron chi connectivity index (χ0n) is 10.0. The molecule has 1 saturated carbocycles. The number of aliphatic hydroxyl groups is 1. The molecule has 2 unspecified atom stereocenters. The molecule has 90 valence electrons. The second kappa shape index (κ2) is 7.20. The molecule has 2 N–H and O–H groups in total. The van der Waals surface area contributed by atoms with Gasteiger partial charge in [0.25, 0.3) is 0 Å². The Hall–Kier alpha value is -0.120. The summed E-state index contributed by atoms with van der Waals surface area (Å²) < 4.78 is 4.88. The molecule has 0 aliphatic heterocycles. The average molecular weight is 215 g/mol. The van der Waals surface area contributed by atoms with Gasteiger partial charge in [-0.1, -0.05) is 25.7 Å². The largest absolute Gasteiger partial charge is 0.389 e. The summed E-state index contributed by atoms with van der Waals surface area (Å²) in [5.74, 6) is 0.909. The van der Waals surface area contributed by atoms with Crippen LogP contribution in [-0.4, -0.2) is 37.5 Å². The molecule has 0 radical (unpaired) electrons. The lowest BCUT2D eigenvalue weighted by Gasteiger charge is -2.19. The van der Waals surface area contributed by atoms with E-state index < -0.39 is 0 Å². The molecule has 1 aliphatic carbocycles. The van der Waals surface area contributed by atoms with Crippen LogP contribution in [0.5, 0.6) is 0 Å². The fourth-order valence-corrected chi connectivity index (χ4v) is 2.42. The van der Waals surface area contributed by atoms with Gasteiger partial charge in [-0.2, -0.15) is 0 Å². The third-order valence-electron chi connectivity index (χ3n) is 3.22. The first-order valence-corrected chi connectivity index (χ1v) is 6.12. The zero-order valence-corrected chi connectivity index (χ0v) is 10.0. The Morgan fingerprint density at radius 2 is 2.07 bits per heavy atom. The van der Waals surface area contributed by atoms with E-state index in [2.05, 4.69) is 12.2 Å². The summed E-state index contributed by atoms with van der Waals surface area (Å²) in [4.78, 5) is 0. The number of hydrogen-bond donors (Lipinski definition) is 2. The van der Waals surface area contributed by atoms with Gasteiger partial charge in [-0.3, -0.25) is 0 Å². The van der Waals surface area contributed by atoms with Gasteiger partial charge in [0.2, 0.25) is 0 Å². The third kappa shape index (κ3) is 5.50. The second-order valence-electron chi connectivity index (χ2n) is 4.80. The standard InChI is InChI=1S/C12H25NO2/c1-10(7-11-5-3-4-6-11)13-8-12(14)9-15-2/h10-14H,3-9H2,1-2H3. The van der Waals surface area contributed by atoms with Crippen molar-refractivity contribution >= 4 is 0 Å². The molecule has 0 spiro atoms. The molecule has 1 rings (SSSR count). The molecular weight excluding hydrogens is 190 g/mol. The van der Waals surface area contributed by atoms with Gasteiger partial charge < -0.3 is 15.2 Å². The van der Waals surface area contributed by atoms with E-state index in [0.717, 1.165) is 5.92 Å². The normalized spacial score (nSPS) is 21.8. The number of methoxy groups -OCH3 is 1. The van der Waals surface area contributed by atoms with Gasteiger partial charge >= 0.3 is 0 Å². The van der Waals surface area contributed by atoms with Crippen LogP contribution in [0.15, 0.2) is 0 Å². The monoisotopic (exact) mass is 215 g/mol. The van der Waals surface area contributed by atoms with Crippen molar-refractivity contribution in [1.29, 1.82) is 0 Å². The van der Waals surface area contributed by atoms with E-state index in [1.807, 2.05) is 0 Å². The maximum Gasteiger partial charge on any atom is 0.0897 e. The van der Waals surface area contributed by atoms with Crippen LogP contribution < -0.4 is 5.32 Å². The van der Waals surface area contributed by atoms with Crippen LogP contribution in [-0.2, 0) is 4.74 Å². The van der Waals surface area contributed by atoms with E-state index >= 15 is 0 Å². The lowest BCUT2D eigenvalue weighted by molar-refractivity contribution is 0.0625. The van der Waals surface area contributed by atoms with Crippen molar-refractivity contribution in [2.45, 2.75) is 51.2 Å². The highest BCUT2D eigenvalue weighted by molar-refractivity contribution is 4.73. The summed E-state index contributed by atoms with van der Waals surface area (Å²) in [7, 11) is 1.62. The predicted molar refractivity (Wildman–Crippen MR) is 61.9 cm³/mol. The van der Waals surface area contributed by atoms with Crippen LogP contribution >= 0.6 is 0 Å². The smallest absolute Gasteiger partial charge is 0.0897 e. The van der Waals surface area contributed by atoms with E-state index in [-0.39, 0.29) is 6.10 Å². The number of aliphatic hydroxyl groups excluding tert-OH is 1. The molecule has 0 bridgehead atoms. The van der Waals surface area contributed by atoms with Gasteiger partial charge in [0.15, 0.2) is 0 Å². The van der Waals surface area contributed by atoms with Crippen molar-refractivity contribution in [3.63, 3.8) is 0 Å². The molecule has 0 aromatic rings. The van der Waals surface area contributed by atoms with Crippen molar-refractivity contribution in [2.24, 2.45) is 5.92 Å². The van der Waals surface area contributed by atoms with E-state index in [4.69, 9.17) is 4.74 Å². The molecule has 1 aliphatic rings. The average Bonchev–Trinajstić information content (AvgIpc) is 2.68. The van der Waals surface area contributed by atoms with Crippen LogP contribution in [0.3, 0.4) is 0 Å². The third-order valence-corrected chi connectivity index (χ3v) is 3.22. The van der Waals surface area contributed by atoms with E-state index in [1.165, 1.54) is 32.1 Å². The number of ether oxygens (including phenoxy) is 1. The molecule has 2 atom stereocenters. The topological polar surface area (TPSA) is 41.5 Å². The molecule has 0 saturated heterocycles. The van der Waals surface area contributed by atoms with Gasteiger partial charge in [0.1, 0.15) is 0 Å². The van der Waals surface area contributed by atoms with Crippen LogP contribution in [0, 0.1) is 5.92 Å². The van der Waals surface area contributed by atoms with Gasteiger partial charge in [0.05, 0.1) is 12.7 Å². The minimum atomic E-state index is -0.374. The van der Waals surface area contributed by atoms with E-state index in [9.17, 15) is 5.11 Å². The van der Waals surface area contributed by atoms with Crippen molar-refractivity contribution in [3.05, 3.63) is 0 Å². The molecule has 1 fully saturated rings. The molecule has 3 heteroatoms. The summed E-state index contributed by atoms with van der Waals surface area (Å²) >= 11 is 0. The Morgan fingerprint density at radius 3 is 2.67 bits per heavy atom. The summed E-state index contributed by atoms with van der Waals surface area (Å²) in [6.07, 6.45) is 6.48. The molecule has 0 amide bonds. The van der Waals surface area contributed by atoms with Gasteiger partial charge in [-0.25, -0.2) is 0 Å². The fourth-order valence-electron chi connectivity index (χ4n) is 2.42. The summed E-state index contributed by atoms with van der Waals surface area (Å²) in [6.45, 7) is 3.27. The Morgan fingerprint density at radius 1 is 1.40 bits per heavy atom. The molecule has 0 heterocycles. The van der Waals surface area contributed by atoms with E-state index in [0.29, 0.717) is 19.2 Å². The lowest BCUT2D eigenvalue weighted by atomic mass is 9.99. The predicted octanol–water partition coefficient (Wildman–Crippen LogP) is 1.55. The van der Waals surface area contributed by atoms with Crippen LogP contribution in [0.1, 0.15) is 39.0 Å². The summed E-state index contributed by atoms with van der Waals surface area (Å²) in [5.41, 5.74) is 0. The summed E-state index contributed by atoms with van der Waals surface area (Å²) in [6, 6.07) is 0.514. The first kappa shape index (κ1) is 12.9. The van der Waals surface area contributed by atoms with Crippen LogP contribution in [0.2, 0.25) is 0 Å². The molecule has 0 aromatic heterocycles. The first-order valence-electron chi connectivity index (χ1n) is 6.12. The highest BCUT2D eigenvalue weighted by Gasteiger charge is 2.17. The number of rotatable bonds is 7. The Labute approximate surface area is 93.2 Å². The Balaban J connectivity index is 2.04. The SMILES string of the molecule is COCC(O)CNC(C)CC1CCCC1. The maximum absolute atomic E-state index is 9.47. The Bertz CT molecular complexity index is 158.